The summed E-state index contributed by atoms with van der Waals surface area (Å²) >= 11 is 0. The maximum Gasteiger partial charge on any atom is 0.155 e. The molecular formula is C22H32O2. The molecule has 0 saturated heterocycles. The van der Waals surface area contributed by atoms with E-state index in [-0.39, 0.29) is 5.41 Å². The zero-order valence-electron chi connectivity index (χ0n) is 15.3. The van der Waals surface area contributed by atoms with Gasteiger partial charge in [-0.2, -0.15) is 0 Å². The molecular weight excluding hydrogens is 296 g/mol. The fourth-order valence-corrected chi connectivity index (χ4v) is 7.34. The number of hydrogen-bond acceptors (Lipinski definition) is 2. The molecule has 4 aliphatic rings. The van der Waals surface area contributed by atoms with Crippen molar-refractivity contribution in [2.24, 2.45) is 29.1 Å². The minimum absolute atomic E-state index is 0.0473. The molecule has 6 atom stereocenters. The van der Waals surface area contributed by atoms with Crippen molar-refractivity contribution in [3.8, 4) is 0 Å². The highest BCUT2D eigenvalue weighted by molar-refractivity contribution is 5.91. The first-order valence-electron chi connectivity index (χ1n) is 10.1. The van der Waals surface area contributed by atoms with E-state index in [1.165, 1.54) is 24.0 Å². The van der Waals surface area contributed by atoms with Gasteiger partial charge < -0.3 is 5.11 Å². The normalized spacial score (nSPS) is 47.7. The second-order valence-electron chi connectivity index (χ2n) is 8.93. The van der Waals surface area contributed by atoms with E-state index < -0.39 is 5.60 Å². The summed E-state index contributed by atoms with van der Waals surface area (Å²) in [6.07, 6.45) is 11.0. The van der Waals surface area contributed by atoms with Gasteiger partial charge in [0.2, 0.25) is 0 Å². The van der Waals surface area contributed by atoms with Crippen LogP contribution in [0.2, 0.25) is 0 Å². The number of hydrogen-bond donors (Lipinski definition) is 1. The predicted molar refractivity (Wildman–Crippen MR) is 96.5 cm³/mol. The topological polar surface area (TPSA) is 37.3 Å². The van der Waals surface area contributed by atoms with Crippen molar-refractivity contribution < 1.29 is 9.90 Å². The van der Waals surface area contributed by atoms with Crippen LogP contribution in [-0.4, -0.2) is 16.5 Å². The second-order valence-corrected chi connectivity index (χ2v) is 8.93. The smallest absolute Gasteiger partial charge is 0.155 e. The molecule has 0 aromatic rings. The predicted octanol–water partition coefficient (Wildman–Crippen LogP) is 4.83. The van der Waals surface area contributed by atoms with Crippen LogP contribution in [0.1, 0.15) is 71.6 Å². The first-order chi connectivity index (χ1) is 11.5. The maximum absolute atomic E-state index is 11.8. The number of aliphatic hydroxyl groups is 1. The minimum atomic E-state index is -0.501. The average molecular weight is 328 g/mol. The summed E-state index contributed by atoms with van der Waals surface area (Å²) in [6, 6.07) is 0. The Balaban J connectivity index is 1.72. The summed E-state index contributed by atoms with van der Waals surface area (Å²) in [5, 5.41) is 11.4. The summed E-state index contributed by atoms with van der Waals surface area (Å²) in [5.74, 6) is 2.75. The van der Waals surface area contributed by atoms with E-state index in [2.05, 4.69) is 20.4 Å². The molecule has 0 heterocycles. The lowest BCUT2D eigenvalue weighted by Crippen LogP contribution is -2.54. The third-order valence-electron chi connectivity index (χ3n) is 8.44. The highest BCUT2D eigenvalue weighted by atomic mass is 16.3. The van der Waals surface area contributed by atoms with Gasteiger partial charge in [0.1, 0.15) is 0 Å². The summed E-state index contributed by atoms with van der Waals surface area (Å²) in [7, 11) is 0. The molecule has 0 aliphatic heterocycles. The van der Waals surface area contributed by atoms with Gasteiger partial charge in [0, 0.05) is 11.8 Å². The van der Waals surface area contributed by atoms with E-state index >= 15 is 0 Å². The number of allylic oxidation sites excluding steroid dienone is 2. The van der Waals surface area contributed by atoms with Crippen LogP contribution in [0.15, 0.2) is 23.8 Å². The Morgan fingerprint density at radius 1 is 1.21 bits per heavy atom. The van der Waals surface area contributed by atoms with E-state index in [1.807, 2.05) is 6.08 Å². The molecule has 24 heavy (non-hydrogen) atoms. The van der Waals surface area contributed by atoms with Crippen molar-refractivity contribution in [3.63, 3.8) is 0 Å². The highest BCUT2D eigenvalue weighted by Crippen LogP contribution is 2.67. The molecule has 0 aromatic carbocycles. The van der Waals surface area contributed by atoms with Gasteiger partial charge in [0.05, 0.1) is 5.60 Å². The Hall–Kier alpha value is -0.890. The Labute approximate surface area is 146 Å². The van der Waals surface area contributed by atoms with Crippen LogP contribution < -0.4 is 0 Å². The summed E-state index contributed by atoms with van der Waals surface area (Å²) in [4.78, 5) is 11.8. The monoisotopic (exact) mass is 328 g/mol. The molecule has 0 amide bonds. The van der Waals surface area contributed by atoms with Crippen molar-refractivity contribution in [3.05, 3.63) is 23.8 Å². The van der Waals surface area contributed by atoms with Gasteiger partial charge >= 0.3 is 0 Å². The van der Waals surface area contributed by atoms with Gasteiger partial charge in [-0.15, -0.1) is 0 Å². The summed E-state index contributed by atoms with van der Waals surface area (Å²) < 4.78 is 0. The molecule has 3 saturated carbocycles. The molecule has 2 heteroatoms. The maximum atomic E-state index is 11.8. The van der Waals surface area contributed by atoms with Crippen molar-refractivity contribution in [2.75, 3.05) is 0 Å². The molecule has 0 aromatic heterocycles. The lowest BCUT2D eigenvalue weighted by molar-refractivity contribution is -0.119. The zero-order valence-corrected chi connectivity index (χ0v) is 15.3. The number of fused-ring (bicyclic) bond motifs is 5. The Bertz CT molecular complexity index is 603. The molecule has 0 unspecified atom stereocenters. The lowest BCUT2D eigenvalue weighted by atomic mass is 9.48. The van der Waals surface area contributed by atoms with Gasteiger partial charge in [-0.25, -0.2) is 0 Å². The first-order valence-corrected chi connectivity index (χ1v) is 10.1. The number of carbonyl (C=O) groups is 1. The fourth-order valence-electron chi connectivity index (χ4n) is 7.34. The molecule has 0 radical (unpaired) electrons. The molecule has 4 aliphatic carbocycles. The fraction of sp³-hybridized carbons (Fsp3) is 0.773. The van der Waals surface area contributed by atoms with Gasteiger partial charge in [-0.05, 0) is 81.1 Å². The van der Waals surface area contributed by atoms with Gasteiger partial charge in [-0.1, -0.05) is 31.6 Å². The zero-order chi connectivity index (χ0) is 17.1. The van der Waals surface area contributed by atoms with Gasteiger partial charge in [0.25, 0.3) is 0 Å². The van der Waals surface area contributed by atoms with Crippen LogP contribution in [0, 0.1) is 29.1 Å². The van der Waals surface area contributed by atoms with E-state index in [0.717, 1.165) is 38.5 Å². The number of carbonyl (C=O) groups excluding carboxylic acids is 1. The van der Waals surface area contributed by atoms with E-state index in [1.54, 1.807) is 0 Å². The Morgan fingerprint density at radius 2 is 2.00 bits per heavy atom. The number of rotatable bonds is 2. The van der Waals surface area contributed by atoms with Crippen molar-refractivity contribution >= 4 is 5.78 Å². The molecule has 4 rings (SSSR count). The summed E-state index contributed by atoms with van der Waals surface area (Å²) in [5.41, 5.74) is 2.32. The van der Waals surface area contributed by atoms with E-state index in [0.29, 0.717) is 35.9 Å². The average Bonchev–Trinajstić information content (AvgIpc) is 2.88. The highest BCUT2D eigenvalue weighted by Gasteiger charge is 2.63. The largest absolute Gasteiger partial charge is 0.389 e. The van der Waals surface area contributed by atoms with E-state index in [4.69, 9.17) is 0 Å². The van der Waals surface area contributed by atoms with Crippen molar-refractivity contribution in [1.29, 1.82) is 0 Å². The Kier molecular flexibility index (Phi) is 3.84. The standard InChI is InChI=1S/C22H32O2/c1-4-21-13-14(3)20-17-9-7-16(23)12-15(17)6-8-18(20)19(21)10-11-22(21,24)5-2/h12,17-20,24H,3-11,13H2,1-2H3/t17-,18-,19-,20+,21-,22-/m0/s1. The quantitative estimate of drug-likeness (QED) is 0.738. The number of ketones is 1. The molecule has 132 valence electrons. The van der Waals surface area contributed by atoms with Gasteiger partial charge in [-0.3, -0.25) is 4.79 Å². The molecule has 0 bridgehead atoms. The van der Waals surface area contributed by atoms with Crippen LogP contribution >= 0.6 is 0 Å². The van der Waals surface area contributed by atoms with Crippen LogP contribution in [0.3, 0.4) is 0 Å². The van der Waals surface area contributed by atoms with Crippen LogP contribution in [0.4, 0.5) is 0 Å². The molecule has 2 nitrogen and oxygen atoms in total. The van der Waals surface area contributed by atoms with Crippen LogP contribution in [0.25, 0.3) is 0 Å². The van der Waals surface area contributed by atoms with Crippen LogP contribution in [-0.2, 0) is 4.79 Å². The third kappa shape index (κ3) is 2.01. The summed E-state index contributed by atoms with van der Waals surface area (Å²) in [6.45, 7) is 8.97. The van der Waals surface area contributed by atoms with Crippen molar-refractivity contribution in [2.45, 2.75) is 77.2 Å². The molecule has 3 fully saturated rings. The minimum Gasteiger partial charge on any atom is -0.389 e. The van der Waals surface area contributed by atoms with Gasteiger partial charge in [0.15, 0.2) is 5.78 Å². The van der Waals surface area contributed by atoms with Crippen LogP contribution in [0.5, 0.6) is 0 Å². The third-order valence-corrected chi connectivity index (χ3v) is 8.44. The van der Waals surface area contributed by atoms with Crippen molar-refractivity contribution in [1.82, 2.24) is 0 Å². The molecule has 0 spiro atoms. The van der Waals surface area contributed by atoms with E-state index in [9.17, 15) is 9.90 Å². The second kappa shape index (κ2) is 5.56. The lowest BCUT2D eigenvalue weighted by Gasteiger charge is -2.57. The molecule has 1 N–H and O–H groups in total. The Morgan fingerprint density at radius 3 is 2.71 bits per heavy atom. The first kappa shape index (κ1) is 16.6. The SMILES string of the molecule is C=C1C[C@@]2(CC)[C@@H](CC[C@@]2(O)CC)[C@@H]2CCC3=CC(=O)CC[C@@H]3[C@@H]12.